The number of allylic oxidation sites excluding steroid dienone is 1. The van der Waals surface area contributed by atoms with Crippen LogP contribution in [0.5, 0.6) is 0 Å². The molecule has 0 aromatic heterocycles. The molecule has 0 N–H and O–H groups in total. The van der Waals surface area contributed by atoms with Crippen LogP contribution in [-0.4, -0.2) is 45.5 Å². The van der Waals surface area contributed by atoms with Gasteiger partial charge in [-0.25, -0.2) is 0 Å². The summed E-state index contributed by atoms with van der Waals surface area (Å²) in [6.07, 6.45) is 4.26. The topological polar surface area (TPSA) is 54.0 Å². The van der Waals surface area contributed by atoms with Crippen LogP contribution in [0.4, 0.5) is 0 Å². The van der Waals surface area contributed by atoms with Crippen molar-refractivity contribution in [2.75, 3.05) is 13.2 Å². The van der Waals surface area contributed by atoms with E-state index in [1.807, 2.05) is 6.08 Å². The van der Waals surface area contributed by atoms with Gasteiger partial charge in [0.2, 0.25) is 8.32 Å². The van der Waals surface area contributed by atoms with Gasteiger partial charge in [0, 0.05) is 17.9 Å². The summed E-state index contributed by atoms with van der Waals surface area (Å²) in [4.78, 5) is 12.6. The summed E-state index contributed by atoms with van der Waals surface area (Å²) in [6, 6.07) is 0. The third-order valence-electron chi connectivity index (χ3n) is 7.73. The Hall–Kier alpha value is -0.953. The summed E-state index contributed by atoms with van der Waals surface area (Å²) in [6.45, 7) is 21.1. The van der Waals surface area contributed by atoms with E-state index in [1.165, 1.54) is 5.57 Å². The highest BCUT2D eigenvalue weighted by Crippen LogP contribution is 2.50. The number of carbonyl (C=O) groups is 1. The first-order chi connectivity index (χ1) is 14.6. The fraction of sp³-hybridized carbons (Fsp3) is 0.800. The van der Waals surface area contributed by atoms with Gasteiger partial charge in [-0.2, -0.15) is 0 Å². The van der Waals surface area contributed by atoms with Crippen LogP contribution in [0.25, 0.3) is 0 Å². The minimum atomic E-state index is -2.14. The van der Waals surface area contributed by atoms with E-state index in [-0.39, 0.29) is 24.1 Å². The van der Waals surface area contributed by atoms with Crippen molar-refractivity contribution in [3.63, 3.8) is 0 Å². The van der Waals surface area contributed by atoms with Crippen LogP contribution in [0.15, 0.2) is 23.8 Å². The first kappa shape index (κ1) is 24.7. The second-order valence-corrected chi connectivity index (χ2v) is 15.8. The van der Waals surface area contributed by atoms with Crippen LogP contribution < -0.4 is 0 Å². The Morgan fingerprint density at radius 3 is 2.23 bits per heavy atom. The van der Waals surface area contributed by atoms with Crippen molar-refractivity contribution in [3.05, 3.63) is 23.8 Å². The lowest BCUT2D eigenvalue weighted by atomic mass is 9.85. The van der Waals surface area contributed by atoms with Crippen molar-refractivity contribution in [2.45, 2.75) is 109 Å². The Morgan fingerprint density at radius 1 is 1.13 bits per heavy atom. The Labute approximate surface area is 189 Å². The number of hydrogen-bond acceptors (Lipinski definition) is 5. The molecule has 0 saturated carbocycles. The zero-order chi connectivity index (χ0) is 23.0. The molecule has 0 bridgehead atoms. The normalized spacial score (nSPS) is 27.2. The largest absolute Gasteiger partial charge is 0.457 e. The van der Waals surface area contributed by atoms with Crippen molar-refractivity contribution in [1.82, 2.24) is 0 Å². The van der Waals surface area contributed by atoms with Gasteiger partial charge in [-0.1, -0.05) is 53.2 Å². The van der Waals surface area contributed by atoms with E-state index in [9.17, 15) is 4.79 Å². The van der Waals surface area contributed by atoms with Gasteiger partial charge in [0.25, 0.3) is 0 Å². The van der Waals surface area contributed by atoms with Crippen molar-refractivity contribution >= 4 is 14.3 Å². The summed E-state index contributed by atoms with van der Waals surface area (Å²) in [5.74, 6) is -0.931. The zero-order valence-electron chi connectivity index (χ0n) is 20.5. The van der Waals surface area contributed by atoms with E-state index in [0.29, 0.717) is 42.7 Å². The fourth-order valence-electron chi connectivity index (χ4n) is 6.48. The molecule has 1 spiro atoms. The Bertz CT molecular complexity index is 683. The molecule has 3 atom stereocenters. The van der Waals surface area contributed by atoms with Gasteiger partial charge in [-0.05, 0) is 36.4 Å². The van der Waals surface area contributed by atoms with Crippen molar-refractivity contribution in [3.8, 4) is 0 Å². The molecule has 0 unspecified atom stereocenters. The summed E-state index contributed by atoms with van der Waals surface area (Å²) in [7, 11) is -2.14. The average molecular weight is 451 g/mol. The molecule has 5 nitrogen and oxygen atoms in total. The highest BCUT2D eigenvalue weighted by Gasteiger charge is 2.56. The number of carbonyl (C=O) groups excluding carboxylic acids is 1. The molecule has 2 saturated heterocycles. The fourth-order valence-corrected chi connectivity index (χ4v) is 12.1. The van der Waals surface area contributed by atoms with Crippen molar-refractivity contribution in [2.24, 2.45) is 5.92 Å². The molecule has 0 aromatic rings. The molecular formula is C25H42O5Si. The van der Waals surface area contributed by atoms with Crippen LogP contribution in [0.3, 0.4) is 0 Å². The van der Waals surface area contributed by atoms with Gasteiger partial charge in [-0.15, -0.1) is 6.58 Å². The van der Waals surface area contributed by atoms with E-state index in [4.69, 9.17) is 18.6 Å². The van der Waals surface area contributed by atoms with Crippen LogP contribution in [-0.2, 0) is 23.4 Å². The van der Waals surface area contributed by atoms with Gasteiger partial charge >= 0.3 is 5.97 Å². The first-order valence-electron chi connectivity index (χ1n) is 12.0. The van der Waals surface area contributed by atoms with Gasteiger partial charge in [0.1, 0.15) is 6.10 Å². The molecule has 2 heterocycles. The molecule has 6 heteroatoms. The minimum Gasteiger partial charge on any atom is -0.457 e. The molecule has 3 aliphatic rings. The lowest BCUT2D eigenvalue weighted by Gasteiger charge is -2.46. The van der Waals surface area contributed by atoms with Crippen LogP contribution in [0.1, 0.15) is 74.1 Å². The Morgan fingerprint density at radius 2 is 1.71 bits per heavy atom. The molecular weight excluding hydrogens is 408 g/mol. The molecule has 0 amide bonds. The lowest BCUT2D eigenvalue weighted by Crippen LogP contribution is -2.52. The summed E-state index contributed by atoms with van der Waals surface area (Å²) in [5.41, 5.74) is 3.66. The molecule has 2 aliphatic heterocycles. The third kappa shape index (κ3) is 4.33. The maximum atomic E-state index is 12.6. The number of esters is 1. The van der Waals surface area contributed by atoms with Crippen LogP contribution >= 0.6 is 0 Å². The Kier molecular flexibility index (Phi) is 7.56. The molecule has 0 radical (unpaired) electrons. The zero-order valence-corrected chi connectivity index (χ0v) is 21.5. The second-order valence-electron chi connectivity index (χ2n) is 10.4. The molecule has 176 valence electrons. The van der Waals surface area contributed by atoms with Gasteiger partial charge in [-0.3, -0.25) is 4.79 Å². The van der Waals surface area contributed by atoms with Crippen molar-refractivity contribution in [1.29, 1.82) is 0 Å². The highest BCUT2D eigenvalue weighted by molar-refractivity contribution is 6.77. The number of ether oxygens (including phenoxy) is 3. The van der Waals surface area contributed by atoms with Gasteiger partial charge in [0.15, 0.2) is 5.79 Å². The average Bonchev–Trinajstić information content (AvgIpc) is 3.38. The predicted molar refractivity (Wildman–Crippen MR) is 125 cm³/mol. The van der Waals surface area contributed by atoms with Crippen LogP contribution in [0, 0.1) is 5.92 Å². The highest BCUT2D eigenvalue weighted by atomic mass is 28.4. The van der Waals surface area contributed by atoms with Gasteiger partial charge in [0.05, 0.1) is 25.7 Å². The minimum absolute atomic E-state index is 0.0543. The number of hydrogen-bond donors (Lipinski definition) is 0. The maximum Gasteiger partial charge on any atom is 0.306 e. The summed E-state index contributed by atoms with van der Waals surface area (Å²) < 4.78 is 25.4. The first-order valence-corrected chi connectivity index (χ1v) is 14.2. The lowest BCUT2D eigenvalue weighted by molar-refractivity contribution is -0.150. The third-order valence-corrected chi connectivity index (χ3v) is 13.9. The number of rotatable bonds is 9. The molecule has 2 fully saturated rings. The molecule has 3 rings (SSSR count). The summed E-state index contributed by atoms with van der Waals surface area (Å²) >= 11 is 0. The maximum absolute atomic E-state index is 12.6. The second kappa shape index (κ2) is 9.50. The van der Waals surface area contributed by atoms with Crippen molar-refractivity contribution < 1.29 is 23.4 Å². The van der Waals surface area contributed by atoms with E-state index in [0.717, 1.165) is 18.4 Å². The number of cyclic esters (lactones) is 1. The Balaban J connectivity index is 1.98. The quantitative estimate of drug-likeness (QED) is 0.248. The van der Waals surface area contributed by atoms with E-state index in [2.05, 4.69) is 55.0 Å². The van der Waals surface area contributed by atoms with E-state index < -0.39 is 14.1 Å². The monoisotopic (exact) mass is 450 g/mol. The molecule has 0 aromatic carbocycles. The van der Waals surface area contributed by atoms with E-state index >= 15 is 0 Å². The molecule has 31 heavy (non-hydrogen) atoms. The predicted octanol–water partition coefficient (Wildman–Crippen LogP) is 5.91. The molecule has 1 aliphatic carbocycles. The summed E-state index contributed by atoms with van der Waals surface area (Å²) in [5, 5.41) is 0. The standard InChI is InChI=1S/C25H42O5Si/c1-9-10-21(30-31(16(2)3,17(4)5)18(6)7)20-15-22(26)29-24(20)23-19(8)11-12-25(23)27-13-14-28-25/h9,16-18,20-21,24H,1,10-15H2,2-8H3/t20-,21+,24-/m1/s1. The van der Waals surface area contributed by atoms with Crippen LogP contribution in [0.2, 0.25) is 16.6 Å². The van der Waals surface area contributed by atoms with Gasteiger partial charge < -0.3 is 18.6 Å². The van der Waals surface area contributed by atoms with E-state index in [1.54, 1.807) is 0 Å². The SMILES string of the molecule is C=CC[C@H](O[Si](C(C)C)(C(C)C)C(C)C)[C@H]1CC(=O)O[C@H]1C1=C(C)CCC12OCCO2. The smallest absolute Gasteiger partial charge is 0.306 e.